The maximum absolute atomic E-state index is 12.3. The van der Waals surface area contributed by atoms with E-state index in [1.807, 2.05) is 29.4 Å². The summed E-state index contributed by atoms with van der Waals surface area (Å²) in [4.78, 5) is 14.3. The number of fused-ring (bicyclic) bond motifs is 2. The van der Waals surface area contributed by atoms with E-state index < -0.39 is 0 Å². The largest absolute Gasteiger partial charge is 0.493 e. The number of hydrogen-bond acceptors (Lipinski definition) is 4. The summed E-state index contributed by atoms with van der Waals surface area (Å²) in [7, 11) is 0. The first-order valence-electron chi connectivity index (χ1n) is 7.77. The van der Waals surface area contributed by atoms with E-state index in [9.17, 15) is 9.90 Å². The number of likely N-dealkylation sites (tertiary alicyclic amines) is 1. The molecule has 22 heavy (non-hydrogen) atoms. The Labute approximate surface area is 135 Å². The second kappa shape index (κ2) is 6.50. The Balaban J connectivity index is 1.80. The number of rotatable bonds is 4. The summed E-state index contributed by atoms with van der Waals surface area (Å²) in [5, 5.41) is 10.1. The normalized spacial score (nSPS) is 26.8. The summed E-state index contributed by atoms with van der Waals surface area (Å²) in [6, 6.07) is 8.03. The number of benzene rings is 1. The molecular formula is C17H23NO3S. The van der Waals surface area contributed by atoms with Crippen LogP contribution in [0.15, 0.2) is 24.3 Å². The zero-order valence-electron chi connectivity index (χ0n) is 13.0. The molecule has 5 heteroatoms. The molecule has 120 valence electrons. The van der Waals surface area contributed by atoms with E-state index in [1.54, 1.807) is 11.8 Å². The van der Waals surface area contributed by atoms with Gasteiger partial charge < -0.3 is 14.7 Å². The molecule has 1 amide bonds. The minimum absolute atomic E-state index is 0.0989. The Morgan fingerprint density at radius 3 is 3.09 bits per heavy atom. The second-order valence-electron chi connectivity index (χ2n) is 6.33. The smallest absolute Gasteiger partial charge is 0.223 e. The third-order valence-electron chi connectivity index (χ3n) is 4.96. The maximum Gasteiger partial charge on any atom is 0.223 e. The second-order valence-corrected chi connectivity index (χ2v) is 7.32. The lowest BCUT2D eigenvalue weighted by Gasteiger charge is -2.30. The highest BCUT2D eigenvalue weighted by atomic mass is 32.2. The van der Waals surface area contributed by atoms with Gasteiger partial charge in [0.05, 0.1) is 13.2 Å². The molecule has 2 atom stereocenters. The monoisotopic (exact) mass is 321 g/mol. The predicted octanol–water partition coefficient (Wildman–Crippen LogP) is 1.81. The molecule has 2 aliphatic heterocycles. The third-order valence-corrected chi connectivity index (χ3v) is 5.57. The van der Waals surface area contributed by atoms with Gasteiger partial charge in [0, 0.05) is 36.6 Å². The quantitative estimate of drug-likeness (QED) is 0.919. The van der Waals surface area contributed by atoms with Gasteiger partial charge in [-0.3, -0.25) is 4.79 Å². The van der Waals surface area contributed by atoms with Crippen molar-refractivity contribution in [2.75, 3.05) is 38.3 Å². The first-order chi connectivity index (χ1) is 10.7. The van der Waals surface area contributed by atoms with E-state index in [0.717, 1.165) is 23.5 Å². The number of para-hydroxylation sites is 1. The fraction of sp³-hybridized carbons (Fsp3) is 0.588. The third kappa shape index (κ3) is 2.84. The molecule has 1 fully saturated rings. The number of nitrogens with zero attached hydrogens (tertiary/aromatic N) is 1. The summed E-state index contributed by atoms with van der Waals surface area (Å²) in [6.07, 6.45) is 3.37. The van der Waals surface area contributed by atoms with Crippen LogP contribution in [0, 0.1) is 11.3 Å². The molecule has 0 saturated carbocycles. The van der Waals surface area contributed by atoms with Crippen molar-refractivity contribution in [3.63, 3.8) is 0 Å². The summed E-state index contributed by atoms with van der Waals surface area (Å²) < 4.78 is 5.95. The van der Waals surface area contributed by atoms with E-state index in [2.05, 4.69) is 6.07 Å². The average molecular weight is 321 g/mol. The van der Waals surface area contributed by atoms with Crippen molar-refractivity contribution in [2.24, 2.45) is 11.3 Å². The number of carbonyl (C=O) groups is 1. The van der Waals surface area contributed by atoms with Gasteiger partial charge in [0.25, 0.3) is 0 Å². The van der Waals surface area contributed by atoms with Crippen LogP contribution in [-0.2, 0) is 11.2 Å². The minimum atomic E-state index is -0.262. The molecule has 4 nitrogen and oxygen atoms in total. The molecule has 1 aromatic carbocycles. The zero-order chi connectivity index (χ0) is 15.6. The highest BCUT2D eigenvalue weighted by molar-refractivity contribution is 7.98. The molecular weight excluding hydrogens is 298 g/mol. The van der Waals surface area contributed by atoms with E-state index >= 15 is 0 Å². The molecule has 0 spiro atoms. The van der Waals surface area contributed by atoms with E-state index in [0.29, 0.717) is 26.1 Å². The molecule has 2 aliphatic rings. The number of hydrogen-bond donors (Lipinski definition) is 1. The van der Waals surface area contributed by atoms with Crippen LogP contribution >= 0.6 is 11.8 Å². The van der Waals surface area contributed by atoms with E-state index in [-0.39, 0.29) is 23.8 Å². The Hall–Kier alpha value is -1.20. The van der Waals surface area contributed by atoms with Crippen molar-refractivity contribution >= 4 is 17.7 Å². The lowest BCUT2D eigenvalue weighted by atomic mass is 9.75. The highest BCUT2D eigenvalue weighted by Crippen LogP contribution is 2.43. The molecule has 1 aromatic rings. The van der Waals surface area contributed by atoms with Crippen molar-refractivity contribution in [1.29, 1.82) is 0 Å². The SMILES string of the molecule is CSCCC(=O)N1C[C@H]2COc3ccccc3C[C@@]2(CO)C1. The summed E-state index contributed by atoms with van der Waals surface area (Å²) in [5.74, 6) is 2.17. The van der Waals surface area contributed by atoms with Gasteiger partial charge in [-0.2, -0.15) is 11.8 Å². The summed E-state index contributed by atoms with van der Waals surface area (Å²) in [5.41, 5.74) is 0.874. The molecule has 0 aliphatic carbocycles. The van der Waals surface area contributed by atoms with Crippen LogP contribution in [-0.4, -0.2) is 54.2 Å². The van der Waals surface area contributed by atoms with E-state index in [1.165, 1.54) is 0 Å². The van der Waals surface area contributed by atoms with Crippen molar-refractivity contribution in [3.05, 3.63) is 29.8 Å². The van der Waals surface area contributed by atoms with Gasteiger partial charge in [-0.15, -0.1) is 0 Å². The Morgan fingerprint density at radius 2 is 2.32 bits per heavy atom. The van der Waals surface area contributed by atoms with Crippen LogP contribution in [0.2, 0.25) is 0 Å². The van der Waals surface area contributed by atoms with Gasteiger partial charge in [0.15, 0.2) is 0 Å². The standard InChI is InChI=1S/C17H23NO3S/c1-22-7-6-16(20)18-9-14-10-21-15-5-3-2-4-13(15)8-17(14,11-18)12-19/h2-5,14,19H,6-12H2,1H3/t14-,17-/m0/s1. The lowest BCUT2D eigenvalue weighted by molar-refractivity contribution is -0.130. The van der Waals surface area contributed by atoms with Crippen molar-refractivity contribution in [3.8, 4) is 5.75 Å². The Bertz CT molecular complexity index is 550. The molecule has 0 aromatic heterocycles. The van der Waals surface area contributed by atoms with Gasteiger partial charge in [-0.25, -0.2) is 0 Å². The minimum Gasteiger partial charge on any atom is -0.493 e. The van der Waals surface area contributed by atoms with Gasteiger partial charge in [0.2, 0.25) is 5.91 Å². The molecule has 1 N–H and O–H groups in total. The lowest BCUT2D eigenvalue weighted by Crippen LogP contribution is -2.38. The number of carbonyl (C=O) groups excluding carboxylic acids is 1. The number of thioether (sulfide) groups is 1. The van der Waals surface area contributed by atoms with Crippen LogP contribution in [0.25, 0.3) is 0 Å². The van der Waals surface area contributed by atoms with Gasteiger partial charge >= 0.3 is 0 Å². The molecule has 2 heterocycles. The van der Waals surface area contributed by atoms with Crippen molar-refractivity contribution in [2.45, 2.75) is 12.8 Å². The Morgan fingerprint density at radius 1 is 1.50 bits per heavy atom. The van der Waals surface area contributed by atoms with Gasteiger partial charge in [-0.1, -0.05) is 18.2 Å². The summed E-state index contributed by atoms with van der Waals surface area (Å²) in [6.45, 7) is 2.01. The fourth-order valence-electron chi connectivity index (χ4n) is 3.60. The zero-order valence-corrected chi connectivity index (χ0v) is 13.8. The van der Waals surface area contributed by atoms with Crippen LogP contribution in [0.1, 0.15) is 12.0 Å². The van der Waals surface area contributed by atoms with Crippen LogP contribution in [0.3, 0.4) is 0 Å². The van der Waals surface area contributed by atoms with Gasteiger partial charge in [0.1, 0.15) is 5.75 Å². The molecule has 1 saturated heterocycles. The number of aliphatic hydroxyl groups is 1. The van der Waals surface area contributed by atoms with Crippen molar-refractivity contribution in [1.82, 2.24) is 4.90 Å². The van der Waals surface area contributed by atoms with Crippen LogP contribution in [0.4, 0.5) is 0 Å². The number of aliphatic hydroxyl groups excluding tert-OH is 1. The fourth-order valence-corrected chi connectivity index (χ4v) is 3.97. The number of amides is 1. The first-order valence-corrected chi connectivity index (χ1v) is 9.16. The summed E-state index contributed by atoms with van der Waals surface area (Å²) >= 11 is 1.69. The molecule has 0 radical (unpaired) electrons. The average Bonchev–Trinajstić information content (AvgIpc) is 2.83. The maximum atomic E-state index is 12.3. The molecule has 3 rings (SSSR count). The van der Waals surface area contributed by atoms with Crippen molar-refractivity contribution < 1.29 is 14.6 Å². The van der Waals surface area contributed by atoms with E-state index in [4.69, 9.17) is 4.74 Å². The predicted molar refractivity (Wildman–Crippen MR) is 88.2 cm³/mol. The number of ether oxygens (including phenoxy) is 1. The molecule has 0 bridgehead atoms. The van der Waals surface area contributed by atoms with Crippen LogP contribution in [0.5, 0.6) is 5.75 Å². The highest BCUT2D eigenvalue weighted by Gasteiger charge is 2.49. The Kier molecular flexibility index (Phi) is 4.64. The first kappa shape index (κ1) is 15.7. The molecule has 0 unspecified atom stereocenters. The van der Waals surface area contributed by atoms with Gasteiger partial charge in [-0.05, 0) is 24.3 Å². The topological polar surface area (TPSA) is 49.8 Å². The van der Waals surface area contributed by atoms with Crippen LogP contribution < -0.4 is 4.74 Å².